The van der Waals surface area contributed by atoms with Crippen LogP contribution in [-0.4, -0.2) is 116 Å². The van der Waals surface area contributed by atoms with E-state index < -0.39 is 45.0 Å². The van der Waals surface area contributed by atoms with Crippen LogP contribution < -0.4 is 10.6 Å². The number of hydrogen-bond donors (Lipinski definition) is 2. The SMILES string of the molecule is CON1C(C)(C)CC(C2(NC(=O)C(=O)NC3(C4CC(C)(C)N(OC)C(C)(C)C4)CC(C)(C)N(OC)C(C)(C)C3)CC(C)(C)N(OC)C(C)(C)C2)CC1(C)C. The van der Waals surface area contributed by atoms with E-state index in [4.69, 9.17) is 19.4 Å². The number of amides is 2. The van der Waals surface area contributed by atoms with Gasteiger partial charge in [-0.15, -0.1) is 0 Å². The molecule has 0 atom stereocenters. The summed E-state index contributed by atoms with van der Waals surface area (Å²) in [6.45, 7) is 35.1. The Morgan fingerprint density at radius 1 is 0.389 bits per heavy atom. The topological polar surface area (TPSA) is 108 Å². The molecule has 4 rings (SSSR count). The van der Waals surface area contributed by atoms with E-state index in [0.717, 1.165) is 25.7 Å². The molecular formula is C42H80N6O6. The number of piperidine rings is 4. The van der Waals surface area contributed by atoms with Crippen molar-refractivity contribution in [3.05, 3.63) is 0 Å². The second kappa shape index (κ2) is 14.2. The molecule has 0 bridgehead atoms. The van der Waals surface area contributed by atoms with E-state index in [1.807, 2.05) is 0 Å². The Morgan fingerprint density at radius 3 is 0.759 bits per heavy atom. The van der Waals surface area contributed by atoms with Gasteiger partial charge in [-0.25, -0.2) is 0 Å². The summed E-state index contributed by atoms with van der Waals surface area (Å²) in [5, 5.41) is 15.4. The molecule has 0 aromatic heterocycles. The Bertz CT molecular complexity index is 1230. The quantitative estimate of drug-likeness (QED) is 0.257. The van der Waals surface area contributed by atoms with Crippen molar-refractivity contribution in [2.45, 2.75) is 218 Å². The molecule has 4 heterocycles. The van der Waals surface area contributed by atoms with Crippen LogP contribution in [0, 0.1) is 11.8 Å². The van der Waals surface area contributed by atoms with E-state index >= 15 is 0 Å². The summed E-state index contributed by atoms with van der Waals surface area (Å²) in [5.74, 6) is -1.04. The van der Waals surface area contributed by atoms with Gasteiger partial charge in [-0.05, 0) is 174 Å². The van der Waals surface area contributed by atoms with Crippen LogP contribution in [0.4, 0.5) is 0 Å². The molecule has 54 heavy (non-hydrogen) atoms. The highest BCUT2D eigenvalue weighted by Crippen LogP contribution is 2.55. The van der Waals surface area contributed by atoms with Gasteiger partial charge in [0.1, 0.15) is 0 Å². The van der Waals surface area contributed by atoms with Gasteiger partial charge in [0.2, 0.25) is 0 Å². The lowest BCUT2D eigenvalue weighted by Gasteiger charge is -2.64. The minimum Gasteiger partial charge on any atom is -0.342 e. The predicted molar refractivity (Wildman–Crippen MR) is 214 cm³/mol. The Hall–Kier alpha value is -1.38. The van der Waals surface area contributed by atoms with Crippen molar-refractivity contribution >= 4 is 11.8 Å². The minimum absolute atomic E-state index is 0.0555. The van der Waals surface area contributed by atoms with Gasteiger partial charge in [-0.2, -0.15) is 20.3 Å². The van der Waals surface area contributed by atoms with Crippen LogP contribution >= 0.6 is 0 Å². The number of hydroxylamine groups is 8. The van der Waals surface area contributed by atoms with Crippen LogP contribution in [0.2, 0.25) is 0 Å². The first-order chi connectivity index (χ1) is 24.2. The fraction of sp³-hybridized carbons (Fsp3) is 0.952. The fourth-order valence-corrected chi connectivity index (χ4v) is 13.9. The minimum atomic E-state index is -0.705. The average Bonchev–Trinajstić information content (AvgIpc) is 2.92. The number of rotatable bonds is 8. The molecule has 4 saturated heterocycles. The molecule has 0 spiro atoms. The Morgan fingerprint density at radius 2 is 0.574 bits per heavy atom. The maximum Gasteiger partial charge on any atom is 0.309 e. The van der Waals surface area contributed by atoms with Crippen LogP contribution in [0.5, 0.6) is 0 Å². The van der Waals surface area contributed by atoms with E-state index in [9.17, 15) is 9.59 Å². The lowest BCUT2D eigenvalue weighted by atomic mass is 9.58. The molecule has 0 saturated carbocycles. The number of nitrogens with one attached hydrogen (secondary N) is 2. The molecule has 2 N–H and O–H groups in total. The molecule has 0 unspecified atom stereocenters. The van der Waals surface area contributed by atoms with Crippen molar-refractivity contribution in [2.24, 2.45) is 11.8 Å². The monoisotopic (exact) mass is 765 g/mol. The summed E-state index contributed by atoms with van der Waals surface area (Å²) < 4.78 is 0. The van der Waals surface area contributed by atoms with Crippen LogP contribution in [0.3, 0.4) is 0 Å². The maximum absolute atomic E-state index is 14.9. The van der Waals surface area contributed by atoms with Crippen molar-refractivity contribution in [1.82, 2.24) is 30.9 Å². The molecule has 4 fully saturated rings. The summed E-state index contributed by atoms with van der Waals surface area (Å²) in [6, 6.07) is 0. The summed E-state index contributed by atoms with van der Waals surface area (Å²) in [7, 11) is 6.93. The van der Waals surface area contributed by atoms with Crippen molar-refractivity contribution in [2.75, 3.05) is 28.4 Å². The summed E-state index contributed by atoms with van der Waals surface area (Å²) in [6.07, 6.45) is 5.61. The molecule has 0 radical (unpaired) electrons. The van der Waals surface area contributed by atoms with Gasteiger partial charge in [0.15, 0.2) is 0 Å². The van der Waals surface area contributed by atoms with E-state index in [-0.39, 0.29) is 34.0 Å². The molecule has 4 aliphatic heterocycles. The molecule has 0 aromatic carbocycles. The maximum atomic E-state index is 14.9. The fourth-order valence-electron chi connectivity index (χ4n) is 13.9. The lowest BCUT2D eigenvalue weighted by Crippen LogP contribution is -2.76. The van der Waals surface area contributed by atoms with Gasteiger partial charge in [0, 0.05) is 55.4 Å². The average molecular weight is 765 g/mol. The van der Waals surface area contributed by atoms with E-state index in [2.05, 4.69) is 142 Å². The van der Waals surface area contributed by atoms with E-state index in [1.54, 1.807) is 28.4 Å². The highest BCUT2D eigenvalue weighted by molar-refractivity contribution is 6.35. The summed E-state index contributed by atoms with van der Waals surface area (Å²) >= 11 is 0. The Balaban J connectivity index is 1.81. The molecule has 4 aliphatic rings. The third-order valence-electron chi connectivity index (χ3n) is 13.6. The highest BCUT2D eigenvalue weighted by Gasteiger charge is 2.63. The van der Waals surface area contributed by atoms with Crippen molar-refractivity contribution in [3.63, 3.8) is 0 Å². The van der Waals surface area contributed by atoms with Crippen molar-refractivity contribution < 1.29 is 28.9 Å². The molecular weight excluding hydrogens is 684 g/mol. The van der Waals surface area contributed by atoms with Crippen LogP contribution in [0.15, 0.2) is 0 Å². The number of carbonyl (C=O) groups excluding carboxylic acids is 2. The first-order valence-corrected chi connectivity index (χ1v) is 20.3. The summed E-state index contributed by atoms with van der Waals surface area (Å²) in [4.78, 5) is 53.9. The predicted octanol–water partition coefficient (Wildman–Crippen LogP) is 6.79. The van der Waals surface area contributed by atoms with Crippen molar-refractivity contribution in [3.8, 4) is 0 Å². The standard InChI is InChI=1S/C42H80N6O6/c1-33(2)21-29(22-34(3,4)45(33)51-17)41(25-37(9,10)47(53-19)38(11,12)26-41)43-31(49)32(50)44-42(27-39(13,14)48(54-20)40(15,16)28-42)30-23-35(5,6)46(52-18)36(7,8)24-30/h29-30H,21-28H2,1-20H3,(H,43,49)(H,44,50). The Kier molecular flexibility index (Phi) is 11.9. The van der Waals surface area contributed by atoms with Gasteiger partial charge in [0.25, 0.3) is 0 Å². The third kappa shape index (κ3) is 8.03. The molecule has 2 amide bonds. The zero-order chi connectivity index (χ0) is 41.5. The summed E-state index contributed by atoms with van der Waals surface area (Å²) in [5.41, 5.74) is -4.45. The second-order valence-electron chi connectivity index (χ2n) is 22.5. The molecule has 0 aromatic rings. The van der Waals surface area contributed by atoms with Crippen LogP contribution in [0.25, 0.3) is 0 Å². The second-order valence-corrected chi connectivity index (χ2v) is 22.5. The molecule has 314 valence electrons. The first-order valence-electron chi connectivity index (χ1n) is 20.3. The number of nitrogens with zero attached hydrogens (tertiary/aromatic N) is 4. The molecule has 0 aliphatic carbocycles. The van der Waals surface area contributed by atoms with Gasteiger partial charge in [-0.3, -0.25) is 9.59 Å². The Labute approximate surface area is 328 Å². The lowest BCUT2D eigenvalue weighted by molar-refractivity contribution is -0.297. The van der Waals surface area contributed by atoms with Crippen molar-refractivity contribution in [1.29, 1.82) is 0 Å². The zero-order valence-electron chi connectivity index (χ0n) is 38.0. The van der Waals surface area contributed by atoms with Gasteiger partial charge < -0.3 is 30.0 Å². The van der Waals surface area contributed by atoms with Crippen LogP contribution in [-0.2, 0) is 28.9 Å². The van der Waals surface area contributed by atoms with E-state index in [0.29, 0.717) is 25.7 Å². The molecule has 12 nitrogen and oxygen atoms in total. The van der Waals surface area contributed by atoms with Gasteiger partial charge in [-0.1, -0.05) is 0 Å². The highest BCUT2D eigenvalue weighted by atomic mass is 16.7. The number of carbonyl (C=O) groups is 2. The molecule has 12 heteroatoms. The third-order valence-corrected chi connectivity index (χ3v) is 13.6. The first kappa shape index (κ1) is 45.3. The van der Waals surface area contributed by atoms with Gasteiger partial charge in [0.05, 0.1) is 28.4 Å². The zero-order valence-corrected chi connectivity index (χ0v) is 38.0. The van der Waals surface area contributed by atoms with E-state index in [1.165, 1.54) is 0 Å². The van der Waals surface area contributed by atoms with Crippen LogP contribution in [0.1, 0.15) is 162 Å². The largest absolute Gasteiger partial charge is 0.342 e. The van der Waals surface area contributed by atoms with Gasteiger partial charge >= 0.3 is 11.8 Å². The normalized spacial score (nSPS) is 30.4. The smallest absolute Gasteiger partial charge is 0.309 e. The number of hydrogen-bond acceptors (Lipinski definition) is 10.